The molecule has 1 N–H and O–H groups in total. The van der Waals surface area contributed by atoms with Crippen molar-refractivity contribution in [3.8, 4) is 0 Å². The molecular formula is C9H8F6N2O. The fourth-order valence-corrected chi connectivity index (χ4v) is 1.02. The molecule has 0 spiro atoms. The quantitative estimate of drug-likeness (QED) is 0.746. The van der Waals surface area contributed by atoms with Gasteiger partial charge in [-0.2, -0.15) is 26.3 Å². The minimum absolute atomic E-state index is 0.0356. The Morgan fingerprint density at radius 1 is 1.17 bits per heavy atom. The largest absolute Gasteiger partial charge is 0.465 e. The summed E-state index contributed by atoms with van der Waals surface area (Å²) in [7, 11) is 0. The van der Waals surface area contributed by atoms with Gasteiger partial charge in [-0.1, -0.05) is 0 Å². The number of hydrogen-bond acceptors (Lipinski definition) is 3. The summed E-state index contributed by atoms with van der Waals surface area (Å²) in [6, 6.07) is -0.639. The number of rotatable bonds is 1. The second kappa shape index (κ2) is 4.91. The first kappa shape index (κ1) is 14.4. The molecule has 1 rings (SSSR count). The van der Waals surface area contributed by atoms with E-state index in [-0.39, 0.29) is 18.9 Å². The number of nitrogens with zero attached hydrogens (tertiary/aromatic N) is 1. The van der Waals surface area contributed by atoms with Crippen LogP contribution in [0.2, 0.25) is 0 Å². The molecule has 3 nitrogen and oxygen atoms in total. The van der Waals surface area contributed by atoms with Gasteiger partial charge >= 0.3 is 12.4 Å². The third kappa shape index (κ3) is 3.67. The van der Waals surface area contributed by atoms with Crippen LogP contribution in [0, 0.1) is 0 Å². The summed E-state index contributed by atoms with van der Waals surface area (Å²) in [6.07, 6.45) is -9.68. The van der Waals surface area contributed by atoms with Gasteiger partial charge in [-0.3, -0.25) is 0 Å². The van der Waals surface area contributed by atoms with E-state index in [1.165, 1.54) is 6.92 Å². The van der Waals surface area contributed by atoms with E-state index in [1.807, 2.05) is 0 Å². The predicted octanol–water partition coefficient (Wildman–Crippen LogP) is 2.87. The summed E-state index contributed by atoms with van der Waals surface area (Å²) < 4.78 is 79.2. The minimum atomic E-state index is -4.97. The smallest absolute Gasteiger partial charge is 0.431 e. The van der Waals surface area contributed by atoms with Gasteiger partial charge in [-0.05, 0) is 13.0 Å². The summed E-state index contributed by atoms with van der Waals surface area (Å²) in [5.41, 5.74) is -3.10. The van der Waals surface area contributed by atoms with Gasteiger partial charge < -0.3 is 10.1 Å². The van der Waals surface area contributed by atoms with Gasteiger partial charge in [0.15, 0.2) is 0 Å². The van der Waals surface area contributed by atoms with Crippen molar-refractivity contribution in [1.29, 1.82) is 0 Å². The summed E-state index contributed by atoms with van der Waals surface area (Å²) in [5.74, 6) is 0. The van der Waals surface area contributed by atoms with Crippen molar-refractivity contribution >= 4 is 6.02 Å². The third-order valence-corrected chi connectivity index (χ3v) is 1.78. The molecular weight excluding hydrogens is 266 g/mol. The van der Waals surface area contributed by atoms with Crippen LogP contribution in [-0.4, -0.2) is 25.0 Å². The van der Waals surface area contributed by atoms with Crippen LogP contribution in [0.4, 0.5) is 26.3 Å². The van der Waals surface area contributed by atoms with Gasteiger partial charge in [-0.25, -0.2) is 4.99 Å². The van der Waals surface area contributed by atoms with Crippen molar-refractivity contribution in [1.82, 2.24) is 5.32 Å². The topological polar surface area (TPSA) is 33.6 Å². The molecule has 0 saturated carbocycles. The standard InChI is InChI=1S/C9H8F6N2O/c1-2-18-7-16-4-5(8(10,11)12)3-6(17-7)9(13,14)15/h3-4H,2H2,1H3,(H,16,17). The van der Waals surface area contributed by atoms with Crippen LogP contribution in [0.5, 0.6) is 0 Å². The highest BCUT2D eigenvalue weighted by molar-refractivity contribution is 5.77. The highest BCUT2D eigenvalue weighted by Gasteiger charge is 2.40. The van der Waals surface area contributed by atoms with Gasteiger partial charge in [0.1, 0.15) is 5.70 Å². The molecule has 1 aliphatic heterocycles. The Balaban J connectivity index is 3.17. The van der Waals surface area contributed by atoms with Crippen LogP contribution >= 0.6 is 0 Å². The fraction of sp³-hybridized carbons (Fsp3) is 0.444. The lowest BCUT2D eigenvalue weighted by Crippen LogP contribution is -2.32. The lowest BCUT2D eigenvalue weighted by molar-refractivity contribution is -0.0982. The molecule has 0 unspecified atom stereocenters. The molecule has 0 amide bonds. The molecule has 1 aliphatic rings. The van der Waals surface area contributed by atoms with E-state index in [0.717, 1.165) is 0 Å². The monoisotopic (exact) mass is 274 g/mol. The molecule has 0 bridgehead atoms. The van der Waals surface area contributed by atoms with Gasteiger partial charge in [0.05, 0.1) is 12.2 Å². The molecule has 0 aromatic rings. The van der Waals surface area contributed by atoms with Crippen molar-refractivity contribution < 1.29 is 31.1 Å². The van der Waals surface area contributed by atoms with E-state index in [9.17, 15) is 26.3 Å². The zero-order valence-electron chi connectivity index (χ0n) is 8.99. The Bertz CT molecular complexity index is 404. The van der Waals surface area contributed by atoms with Crippen LogP contribution in [0.3, 0.4) is 0 Å². The predicted molar refractivity (Wildman–Crippen MR) is 50.5 cm³/mol. The van der Waals surface area contributed by atoms with Crippen molar-refractivity contribution in [3.63, 3.8) is 0 Å². The lowest BCUT2D eigenvalue weighted by atomic mass is 10.2. The van der Waals surface area contributed by atoms with E-state index >= 15 is 0 Å². The Morgan fingerprint density at radius 2 is 1.78 bits per heavy atom. The van der Waals surface area contributed by atoms with Crippen LogP contribution < -0.4 is 5.32 Å². The van der Waals surface area contributed by atoms with Crippen LogP contribution in [0.15, 0.2) is 28.5 Å². The van der Waals surface area contributed by atoms with Crippen LogP contribution in [0.25, 0.3) is 0 Å². The van der Waals surface area contributed by atoms with E-state index in [2.05, 4.69) is 9.73 Å². The summed E-state index contributed by atoms with van der Waals surface area (Å²) in [6.45, 7) is 1.42. The number of ether oxygens (including phenoxy) is 1. The molecule has 0 aromatic carbocycles. The zero-order valence-corrected chi connectivity index (χ0v) is 8.99. The average Bonchev–Trinajstić information content (AvgIpc) is 2.39. The first-order chi connectivity index (χ1) is 8.14. The Kier molecular flexibility index (Phi) is 3.92. The molecule has 0 fully saturated rings. The Labute approximate surface area is 97.8 Å². The summed E-state index contributed by atoms with van der Waals surface area (Å²) >= 11 is 0. The van der Waals surface area contributed by atoms with Crippen molar-refractivity contribution in [3.05, 3.63) is 23.5 Å². The normalized spacial score (nSPS) is 17.2. The highest BCUT2D eigenvalue weighted by atomic mass is 19.4. The molecule has 0 radical (unpaired) electrons. The lowest BCUT2D eigenvalue weighted by Gasteiger charge is -2.14. The summed E-state index contributed by atoms with van der Waals surface area (Å²) in [5, 5.41) is 1.67. The maximum absolute atomic E-state index is 12.5. The van der Waals surface area contributed by atoms with Crippen molar-refractivity contribution in [2.75, 3.05) is 6.61 Å². The average molecular weight is 274 g/mol. The Morgan fingerprint density at radius 3 is 2.22 bits per heavy atom. The second-order valence-electron chi connectivity index (χ2n) is 3.13. The van der Waals surface area contributed by atoms with E-state index in [4.69, 9.17) is 0 Å². The maximum Gasteiger partial charge on any atom is 0.431 e. The van der Waals surface area contributed by atoms with Crippen LogP contribution in [-0.2, 0) is 4.74 Å². The minimum Gasteiger partial charge on any atom is -0.465 e. The van der Waals surface area contributed by atoms with E-state index < -0.39 is 29.6 Å². The molecule has 102 valence electrons. The number of alkyl halides is 6. The van der Waals surface area contributed by atoms with Crippen molar-refractivity contribution in [2.45, 2.75) is 19.3 Å². The number of hydrogen-bond donors (Lipinski definition) is 1. The SMILES string of the molecule is CCOC1=NC=C(C(F)(F)F)C=C(C(F)(F)F)N1. The third-order valence-electron chi connectivity index (χ3n) is 1.78. The number of halogens is 6. The maximum atomic E-state index is 12.5. The number of amidine groups is 1. The first-order valence-corrected chi connectivity index (χ1v) is 4.68. The van der Waals surface area contributed by atoms with Crippen LogP contribution in [0.1, 0.15) is 6.92 Å². The van der Waals surface area contributed by atoms with E-state index in [1.54, 1.807) is 5.32 Å². The van der Waals surface area contributed by atoms with Gasteiger partial charge in [0, 0.05) is 6.20 Å². The van der Waals surface area contributed by atoms with Gasteiger partial charge in [0.25, 0.3) is 6.02 Å². The molecule has 0 atom stereocenters. The zero-order chi connectivity index (χ0) is 14.0. The second-order valence-corrected chi connectivity index (χ2v) is 3.13. The number of allylic oxidation sites excluding steroid dienone is 3. The molecule has 0 aliphatic carbocycles. The molecule has 0 aromatic heterocycles. The van der Waals surface area contributed by atoms with Crippen molar-refractivity contribution in [2.24, 2.45) is 4.99 Å². The number of aliphatic imine (C=N–C) groups is 1. The first-order valence-electron chi connectivity index (χ1n) is 4.68. The van der Waals surface area contributed by atoms with Gasteiger partial charge in [-0.15, -0.1) is 0 Å². The van der Waals surface area contributed by atoms with Gasteiger partial charge in [0.2, 0.25) is 0 Å². The molecule has 18 heavy (non-hydrogen) atoms. The molecule has 1 heterocycles. The Hall–Kier alpha value is -1.67. The summed E-state index contributed by atoms with van der Waals surface area (Å²) in [4.78, 5) is 3.17. The highest BCUT2D eigenvalue weighted by Crippen LogP contribution is 2.32. The fourth-order valence-electron chi connectivity index (χ4n) is 1.02. The van der Waals surface area contributed by atoms with E-state index in [0.29, 0.717) is 0 Å². The molecule has 0 saturated heterocycles. The number of nitrogens with one attached hydrogen (secondary N) is 1. The molecule has 9 heteroatoms.